The van der Waals surface area contributed by atoms with Crippen molar-refractivity contribution < 1.29 is 4.79 Å². The highest BCUT2D eigenvalue weighted by atomic mass is 16.2. The highest BCUT2D eigenvalue weighted by molar-refractivity contribution is 5.86. The van der Waals surface area contributed by atoms with Crippen molar-refractivity contribution in [3.63, 3.8) is 0 Å². The number of amides is 1. The van der Waals surface area contributed by atoms with E-state index >= 15 is 0 Å². The number of benzene rings is 1. The molecule has 3 nitrogen and oxygen atoms in total. The zero-order valence-corrected chi connectivity index (χ0v) is 11.9. The maximum Gasteiger partial charge on any atom is 0.225 e. The lowest BCUT2D eigenvalue weighted by Gasteiger charge is -2.37. The number of para-hydroxylation sites is 1. The Morgan fingerprint density at radius 3 is 3.00 bits per heavy atom. The third-order valence-corrected chi connectivity index (χ3v) is 4.96. The summed E-state index contributed by atoms with van der Waals surface area (Å²) in [6, 6.07) is 8.79. The van der Waals surface area contributed by atoms with Crippen molar-refractivity contribution in [1.82, 2.24) is 9.88 Å². The van der Waals surface area contributed by atoms with Gasteiger partial charge in [0.05, 0.1) is 6.04 Å². The molecule has 0 saturated carbocycles. The van der Waals surface area contributed by atoms with Crippen LogP contribution in [0.1, 0.15) is 43.5 Å². The fourth-order valence-corrected chi connectivity index (χ4v) is 3.89. The number of hydrogen-bond acceptors (Lipinski definition) is 1. The molecule has 1 aromatic heterocycles. The standard InChI is InChI=1S/C17H20N2O/c1-11-8-9-15-16-13(6-4-10-19(15)17(11)20)12-5-2-3-7-14(12)18-16/h2-3,5,7,11,15,18H,4,6,8-10H2,1H3/t11-,15-/m0/s1. The molecule has 1 fully saturated rings. The Hall–Kier alpha value is -1.77. The summed E-state index contributed by atoms with van der Waals surface area (Å²) in [7, 11) is 0. The van der Waals surface area contributed by atoms with E-state index in [9.17, 15) is 4.79 Å². The minimum Gasteiger partial charge on any atom is -0.356 e. The number of aryl methyl sites for hydroxylation is 1. The number of aromatic nitrogens is 1. The third-order valence-electron chi connectivity index (χ3n) is 4.96. The van der Waals surface area contributed by atoms with Crippen LogP contribution in [0.5, 0.6) is 0 Å². The number of aromatic amines is 1. The van der Waals surface area contributed by atoms with E-state index in [0.717, 1.165) is 32.2 Å². The number of hydrogen-bond donors (Lipinski definition) is 1. The molecule has 0 unspecified atom stereocenters. The molecule has 1 N–H and O–H groups in total. The van der Waals surface area contributed by atoms with Crippen LogP contribution in [0.25, 0.3) is 10.9 Å². The summed E-state index contributed by atoms with van der Waals surface area (Å²) in [4.78, 5) is 18.2. The maximum absolute atomic E-state index is 12.4. The fourth-order valence-electron chi connectivity index (χ4n) is 3.89. The Bertz CT molecular complexity index is 673. The van der Waals surface area contributed by atoms with Gasteiger partial charge in [0, 0.05) is 29.1 Å². The smallest absolute Gasteiger partial charge is 0.225 e. The van der Waals surface area contributed by atoms with Crippen LogP contribution in [0.3, 0.4) is 0 Å². The largest absolute Gasteiger partial charge is 0.356 e. The molecule has 0 radical (unpaired) electrons. The van der Waals surface area contributed by atoms with E-state index in [0.29, 0.717) is 5.91 Å². The van der Waals surface area contributed by atoms with E-state index in [4.69, 9.17) is 0 Å². The van der Waals surface area contributed by atoms with Gasteiger partial charge in [-0.1, -0.05) is 25.1 Å². The molecule has 20 heavy (non-hydrogen) atoms. The van der Waals surface area contributed by atoms with E-state index in [1.165, 1.54) is 22.2 Å². The van der Waals surface area contributed by atoms with Gasteiger partial charge < -0.3 is 9.88 Å². The van der Waals surface area contributed by atoms with Crippen LogP contribution in [0.2, 0.25) is 0 Å². The predicted molar refractivity (Wildman–Crippen MR) is 79.5 cm³/mol. The molecule has 2 aromatic rings. The summed E-state index contributed by atoms with van der Waals surface area (Å²) in [5.74, 6) is 0.532. The van der Waals surface area contributed by atoms with Crippen molar-refractivity contribution in [2.45, 2.75) is 38.6 Å². The number of nitrogens with zero attached hydrogens (tertiary/aromatic N) is 1. The summed E-state index contributed by atoms with van der Waals surface area (Å²) in [5, 5.41) is 1.34. The second kappa shape index (κ2) is 4.37. The molecule has 0 aliphatic carbocycles. The molecular formula is C17H20N2O. The van der Waals surface area contributed by atoms with E-state index in [1.807, 2.05) is 0 Å². The highest BCUT2D eigenvalue weighted by Crippen LogP contribution is 2.40. The quantitative estimate of drug-likeness (QED) is 0.781. The van der Waals surface area contributed by atoms with Gasteiger partial charge in [-0.3, -0.25) is 4.79 Å². The lowest BCUT2D eigenvalue weighted by atomic mass is 9.91. The normalized spacial score (nSPS) is 26.2. The molecule has 1 saturated heterocycles. The maximum atomic E-state index is 12.4. The number of H-pyrrole nitrogens is 1. The Balaban J connectivity index is 1.86. The molecule has 2 aliphatic rings. The number of fused-ring (bicyclic) bond motifs is 5. The van der Waals surface area contributed by atoms with E-state index in [-0.39, 0.29) is 12.0 Å². The van der Waals surface area contributed by atoms with Gasteiger partial charge in [-0.25, -0.2) is 0 Å². The van der Waals surface area contributed by atoms with Gasteiger partial charge in [-0.2, -0.15) is 0 Å². The Morgan fingerprint density at radius 2 is 2.10 bits per heavy atom. The highest BCUT2D eigenvalue weighted by Gasteiger charge is 2.37. The van der Waals surface area contributed by atoms with Crippen LogP contribution in [0.4, 0.5) is 0 Å². The number of nitrogens with one attached hydrogen (secondary N) is 1. The van der Waals surface area contributed by atoms with Crippen molar-refractivity contribution in [2.75, 3.05) is 6.54 Å². The van der Waals surface area contributed by atoms with Crippen LogP contribution < -0.4 is 0 Å². The Kier molecular flexibility index (Phi) is 2.62. The SMILES string of the molecule is C[C@H]1CC[C@H]2c3[nH]c4ccccc4c3CCCN2C1=O. The van der Waals surface area contributed by atoms with Crippen molar-refractivity contribution in [2.24, 2.45) is 5.92 Å². The van der Waals surface area contributed by atoms with Gasteiger partial charge >= 0.3 is 0 Å². The fraction of sp³-hybridized carbons (Fsp3) is 0.471. The van der Waals surface area contributed by atoms with Crippen molar-refractivity contribution in [3.05, 3.63) is 35.5 Å². The second-order valence-corrected chi connectivity index (χ2v) is 6.19. The first-order chi connectivity index (χ1) is 9.75. The summed E-state index contributed by atoms with van der Waals surface area (Å²) >= 11 is 0. The monoisotopic (exact) mass is 268 g/mol. The van der Waals surface area contributed by atoms with Gasteiger partial charge in [-0.05, 0) is 37.3 Å². The first kappa shape index (κ1) is 12.0. The van der Waals surface area contributed by atoms with E-state index < -0.39 is 0 Å². The van der Waals surface area contributed by atoms with Crippen molar-refractivity contribution >= 4 is 16.8 Å². The molecule has 2 aliphatic heterocycles. The molecular weight excluding hydrogens is 248 g/mol. The van der Waals surface area contributed by atoms with Crippen LogP contribution in [0, 0.1) is 5.92 Å². The molecule has 104 valence electrons. The minimum atomic E-state index is 0.192. The summed E-state index contributed by atoms with van der Waals surface area (Å²) in [6.45, 7) is 2.97. The second-order valence-electron chi connectivity index (χ2n) is 6.19. The molecule has 1 aromatic carbocycles. The van der Waals surface area contributed by atoms with Crippen LogP contribution >= 0.6 is 0 Å². The first-order valence-electron chi connectivity index (χ1n) is 7.65. The molecule has 3 heterocycles. The van der Waals surface area contributed by atoms with Gasteiger partial charge in [0.1, 0.15) is 0 Å². The molecule has 1 amide bonds. The predicted octanol–water partition coefficient (Wildman–Crippen LogP) is 3.41. The van der Waals surface area contributed by atoms with Crippen LogP contribution in [0.15, 0.2) is 24.3 Å². The molecule has 0 bridgehead atoms. The molecule has 2 atom stereocenters. The Morgan fingerprint density at radius 1 is 1.25 bits per heavy atom. The minimum absolute atomic E-state index is 0.192. The third kappa shape index (κ3) is 1.62. The van der Waals surface area contributed by atoms with Gasteiger partial charge in [0.25, 0.3) is 0 Å². The first-order valence-corrected chi connectivity index (χ1v) is 7.65. The lowest BCUT2D eigenvalue weighted by molar-refractivity contribution is -0.141. The van der Waals surface area contributed by atoms with Gasteiger partial charge in [-0.15, -0.1) is 0 Å². The summed E-state index contributed by atoms with van der Waals surface area (Å²) < 4.78 is 0. The number of carbonyl (C=O) groups is 1. The topological polar surface area (TPSA) is 36.1 Å². The van der Waals surface area contributed by atoms with E-state index in [2.05, 4.69) is 41.1 Å². The molecule has 4 rings (SSSR count). The average Bonchev–Trinajstić information content (AvgIpc) is 2.72. The van der Waals surface area contributed by atoms with Crippen LogP contribution in [-0.4, -0.2) is 22.3 Å². The van der Waals surface area contributed by atoms with Gasteiger partial charge in [0.15, 0.2) is 0 Å². The van der Waals surface area contributed by atoms with Crippen LogP contribution in [-0.2, 0) is 11.2 Å². The number of carbonyl (C=O) groups excluding carboxylic acids is 1. The lowest BCUT2D eigenvalue weighted by Crippen LogP contribution is -2.42. The van der Waals surface area contributed by atoms with E-state index in [1.54, 1.807) is 0 Å². The summed E-state index contributed by atoms with van der Waals surface area (Å²) in [6.07, 6.45) is 4.25. The van der Waals surface area contributed by atoms with Crippen molar-refractivity contribution in [3.8, 4) is 0 Å². The van der Waals surface area contributed by atoms with Crippen molar-refractivity contribution in [1.29, 1.82) is 0 Å². The Labute approximate surface area is 119 Å². The zero-order chi connectivity index (χ0) is 13.7. The molecule has 0 spiro atoms. The number of piperidine rings is 1. The molecule has 3 heteroatoms. The van der Waals surface area contributed by atoms with Gasteiger partial charge in [0.2, 0.25) is 5.91 Å². The average molecular weight is 268 g/mol. The summed E-state index contributed by atoms with van der Waals surface area (Å²) in [5.41, 5.74) is 3.95. The zero-order valence-electron chi connectivity index (χ0n) is 11.9. The number of rotatable bonds is 0.